The molecule has 0 aliphatic carbocycles. The predicted molar refractivity (Wildman–Crippen MR) is 66.5 cm³/mol. The highest BCUT2D eigenvalue weighted by Crippen LogP contribution is 2.12. The van der Waals surface area contributed by atoms with E-state index in [9.17, 15) is 13.2 Å². The van der Waals surface area contributed by atoms with Crippen LogP contribution in [0.4, 0.5) is 0 Å². The SMILES string of the molecule is O=C(NCCN1CCCS1(=O)=O)c1cc(Br)no1. The standard InChI is InChI=1S/C9H12BrN3O4S/c10-8-6-7(17-12-8)9(14)11-2-4-13-3-1-5-18(13,15)16/h6H,1-5H2,(H,11,14). The molecule has 100 valence electrons. The van der Waals surface area contributed by atoms with E-state index >= 15 is 0 Å². The van der Waals surface area contributed by atoms with Gasteiger partial charge in [-0.3, -0.25) is 4.79 Å². The molecular formula is C9H12BrN3O4S. The van der Waals surface area contributed by atoms with E-state index in [0.717, 1.165) is 0 Å². The summed E-state index contributed by atoms with van der Waals surface area (Å²) in [5, 5.41) is 6.10. The zero-order valence-electron chi connectivity index (χ0n) is 9.43. The highest BCUT2D eigenvalue weighted by atomic mass is 79.9. The molecule has 1 aliphatic heterocycles. The number of carbonyl (C=O) groups excluding carboxylic acids is 1. The summed E-state index contributed by atoms with van der Waals surface area (Å²) in [6, 6.07) is 1.45. The predicted octanol–water partition coefficient (Wildman–Crippen LogP) is 0.202. The molecule has 0 saturated carbocycles. The minimum atomic E-state index is -3.11. The van der Waals surface area contributed by atoms with Crippen LogP contribution in [-0.4, -0.2) is 49.2 Å². The number of nitrogens with zero attached hydrogens (tertiary/aromatic N) is 2. The summed E-state index contributed by atoms with van der Waals surface area (Å²) in [6.07, 6.45) is 0.644. The lowest BCUT2D eigenvalue weighted by molar-refractivity contribution is 0.0915. The van der Waals surface area contributed by atoms with Crippen LogP contribution in [0.1, 0.15) is 17.0 Å². The van der Waals surface area contributed by atoms with Crippen molar-refractivity contribution in [1.29, 1.82) is 0 Å². The Bertz CT molecular complexity index is 542. The number of aromatic nitrogens is 1. The summed E-state index contributed by atoms with van der Waals surface area (Å²) >= 11 is 3.06. The molecule has 0 atom stereocenters. The second-order valence-electron chi connectivity index (χ2n) is 3.84. The average molecular weight is 338 g/mol. The van der Waals surface area contributed by atoms with Gasteiger partial charge < -0.3 is 9.84 Å². The molecule has 1 aromatic heterocycles. The van der Waals surface area contributed by atoms with Gasteiger partial charge in [0.05, 0.1) is 5.75 Å². The largest absolute Gasteiger partial charge is 0.350 e. The molecule has 2 rings (SSSR count). The zero-order valence-corrected chi connectivity index (χ0v) is 11.8. The van der Waals surface area contributed by atoms with E-state index in [4.69, 9.17) is 4.52 Å². The quantitative estimate of drug-likeness (QED) is 0.847. The Morgan fingerprint density at radius 3 is 2.94 bits per heavy atom. The Morgan fingerprint density at radius 1 is 1.61 bits per heavy atom. The number of amides is 1. The van der Waals surface area contributed by atoms with Gasteiger partial charge in [0, 0.05) is 25.7 Å². The van der Waals surface area contributed by atoms with Crippen molar-refractivity contribution in [2.24, 2.45) is 0 Å². The molecule has 2 heterocycles. The Labute approximate surface area is 113 Å². The highest BCUT2D eigenvalue weighted by Gasteiger charge is 2.27. The molecule has 0 aromatic carbocycles. The number of halogens is 1. The third-order valence-corrected chi connectivity index (χ3v) is 4.89. The van der Waals surface area contributed by atoms with Gasteiger partial charge in [0.15, 0.2) is 0 Å². The van der Waals surface area contributed by atoms with Crippen LogP contribution in [-0.2, 0) is 10.0 Å². The first-order valence-electron chi connectivity index (χ1n) is 5.37. The molecule has 9 heteroatoms. The number of carbonyl (C=O) groups is 1. The molecule has 1 fully saturated rings. The fraction of sp³-hybridized carbons (Fsp3) is 0.556. The minimum Gasteiger partial charge on any atom is -0.350 e. The molecule has 1 aromatic rings. The number of sulfonamides is 1. The molecule has 0 radical (unpaired) electrons. The van der Waals surface area contributed by atoms with Crippen molar-refractivity contribution < 1.29 is 17.7 Å². The summed E-state index contributed by atoms with van der Waals surface area (Å²) in [7, 11) is -3.11. The first kappa shape index (κ1) is 13.5. The molecule has 1 saturated heterocycles. The zero-order chi connectivity index (χ0) is 13.2. The second-order valence-corrected chi connectivity index (χ2v) is 6.74. The van der Waals surface area contributed by atoms with Crippen molar-refractivity contribution in [2.75, 3.05) is 25.4 Å². The summed E-state index contributed by atoms with van der Waals surface area (Å²) < 4.78 is 29.5. The fourth-order valence-electron chi connectivity index (χ4n) is 1.68. The summed E-state index contributed by atoms with van der Waals surface area (Å²) in [5.74, 6) is -0.133. The summed E-state index contributed by atoms with van der Waals surface area (Å²) in [4.78, 5) is 11.6. The topological polar surface area (TPSA) is 92.5 Å². The van der Waals surface area contributed by atoms with Crippen molar-refractivity contribution in [3.8, 4) is 0 Å². The van der Waals surface area contributed by atoms with Gasteiger partial charge in [0.1, 0.15) is 4.60 Å². The number of rotatable bonds is 4. The Morgan fingerprint density at radius 2 is 2.39 bits per heavy atom. The van der Waals surface area contributed by atoms with Gasteiger partial charge in [-0.05, 0) is 22.4 Å². The maximum absolute atomic E-state index is 11.6. The van der Waals surface area contributed by atoms with Crippen LogP contribution in [0.25, 0.3) is 0 Å². The molecule has 1 aliphatic rings. The first-order chi connectivity index (χ1) is 8.49. The van der Waals surface area contributed by atoms with Gasteiger partial charge in [-0.1, -0.05) is 5.16 Å². The van der Waals surface area contributed by atoms with E-state index in [2.05, 4.69) is 26.4 Å². The Balaban J connectivity index is 1.81. The van der Waals surface area contributed by atoms with Crippen molar-refractivity contribution in [3.63, 3.8) is 0 Å². The van der Waals surface area contributed by atoms with Gasteiger partial charge in [-0.25, -0.2) is 12.7 Å². The molecule has 1 amide bonds. The van der Waals surface area contributed by atoms with Gasteiger partial charge >= 0.3 is 0 Å². The number of hydrogen-bond donors (Lipinski definition) is 1. The van der Waals surface area contributed by atoms with E-state index in [1.165, 1.54) is 10.4 Å². The van der Waals surface area contributed by atoms with Crippen LogP contribution in [0, 0.1) is 0 Å². The normalized spacial score (nSPS) is 18.9. The molecule has 1 N–H and O–H groups in total. The second kappa shape index (κ2) is 5.37. The van der Waals surface area contributed by atoms with E-state index in [-0.39, 0.29) is 24.6 Å². The lowest BCUT2D eigenvalue weighted by Gasteiger charge is -2.13. The lowest BCUT2D eigenvalue weighted by Crippen LogP contribution is -2.35. The van der Waals surface area contributed by atoms with Gasteiger partial charge in [-0.15, -0.1) is 0 Å². The highest BCUT2D eigenvalue weighted by molar-refractivity contribution is 9.10. The van der Waals surface area contributed by atoms with Crippen LogP contribution >= 0.6 is 15.9 Å². The van der Waals surface area contributed by atoms with Crippen LogP contribution in [0.3, 0.4) is 0 Å². The van der Waals surface area contributed by atoms with Crippen molar-refractivity contribution in [1.82, 2.24) is 14.8 Å². The van der Waals surface area contributed by atoms with E-state index in [1.807, 2.05) is 0 Å². The molecular weight excluding hydrogens is 326 g/mol. The van der Waals surface area contributed by atoms with E-state index in [1.54, 1.807) is 0 Å². The van der Waals surface area contributed by atoms with E-state index < -0.39 is 15.9 Å². The van der Waals surface area contributed by atoms with Crippen molar-refractivity contribution in [2.45, 2.75) is 6.42 Å². The Hall–Kier alpha value is -0.930. The van der Waals surface area contributed by atoms with Crippen molar-refractivity contribution >= 4 is 31.9 Å². The molecule has 0 unspecified atom stereocenters. The number of nitrogens with one attached hydrogen (secondary N) is 1. The van der Waals surface area contributed by atoms with Crippen LogP contribution in [0.5, 0.6) is 0 Å². The van der Waals surface area contributed by atoms with Gasteiger partial charge in [0.25, 0.3) is 5.91 Å². The molecule has 0 bridgehead atoms. The smallest absolute Gasteiger partial charge is 0.289 e. The van der Waals surface area contributed by atoms with Crippen LogP contribution in [0.15, 0.2) is 15.2 Å². The van der Waals surface area contributed by atoms with E-state index in [0.29, 0.717) is 17.6 Å². The first-order valence-corrected chi connectivity index (χ1v) is 7.77. The van der Waals surface area contributed by atoms with Gasteiger partial charge in [0.2, 0.25) is 15.8 Å². The average Bonchev–Trinajstić information content (AvgIpc) is 2.85. The molecule has 7 nitrogen and oxygen atoms in total. The Kier molecular flexibility index (Phi) is 4.03. The third-order valence-electron chi connectivity index (χ3n) is 2.56. The summed E-state index contributed by atoms with van der Waals surface area (Å²) in [6.45, 7) is 1.05. The maximum Gasteiger partial charge on any atom is 0.289 e. The number of hydrogen-bond acceptors (Lipinski definition) is 5. The summed E-state index contributed by atoms with van der Waals surface area (Å²) in [5.41, 5.74) is 0. The van der Waals surface area contributed by atoms with Crippen LogP contribution in [0.2, 0.25) is 0 Å². The monoisotopic (exact) mass is 337 g/mol. The fourth-order valence-corrected chi connectivity index (χ4v) is 3.49. The lowest BCUT2D eigenvalue weighted by atomic mass is 10.4. The van der Waals surface area contributed by atoms with Gasteiger partial charge in [-0.2, -0.15) is 0 Å². The van der Waals surface area contributed by atoms with Crippen LogP contribution < -0.4 is 5.32 Å². The molecule has 0 spiro atoms. The van der Waals surface area contributed by atoms with Crippen molar-refractivity contribution in [3.05, 3.63) is 16.4 Å². The minimum absolute atomic E-state index is 0.0890. The molecule has 18 heavy (non-hydrogen) atoms. The maximum atomic E-state index is 11.6. The third kappa shape index (κ3) is 3.09.